The fraction of sp³-hybridized carbons (Fsp3) is 0.167. The molecule has 0 fully saturated rings. The Hall–Kier alpha value is -2.39. The van der Waals surface area contributed by atoms with E-state index < -0.39 is 0 Å². The lowest BCUT2D eigenvalue weighted by molar-refractivity contribution is 0.693. The first kappa shape index (κ1) is 13.6. The maximum atomic E-state index is 4.18. The highest BCUT2D eigenvalue weighted by molar-refractivity contribution is 5.65. The van der Waals surface area contributed by atoms with Gasteiger partial charge in [-0.3, -0.25) is 5.10 Å². The number of aromatic amines is 1. The normalized spacial score (nSPS) is 10.7. The predicted molar refractivity (Wildman–Crippen MR) is 85.7 cm³/mol. The van der Waals surface area contributed by atoms with Crippen LogP contribution in [0.5, 0.6) is 0 Å². The molecule has 1 heterocycles. The number of rotatable bonds is 5. The summed E-state index contributed by atoms with van der Waals surface area (Å²) in [6, 6.07) is 19.0. The van der Waals surface area contributed by atoms with Crippen LogP contribution in [0, 0.1) is 6.92 Å². The van der Waals surface area contributed by atoms with Gasteiger partial charge in [0.05, 0.1) is 5.69 Å². The fourth-order valence-electron chi connectivity index (χ4n) is 2.45. The van der Waals surface area contributed by atoms with Gasteiger partial charge in [0.15, 0.2) is 0 Å². The third kappa shape index (κ3) is 3.38. The van der Waals surface area contributed by atoms with Gasteiger partial charge in [0.2, 0.25) is 0 Å². The maximum Gasteiger partial charge on any atom is 0.0669 e. The van der Waals surface area contributed by atoms with E-state index in [0.29, 0.717) is 0 Å². The molecule has 106 valence electrons. The molecule has 0 aliphatic heterocycles. The first-order valence-corrected chi connectivity index (χ1v) is 7.17. The van der Waals surface area contributed by atoms with E-state index in [0.717, 1.165) is 18.8 Å². The van der Waals surface area contributed by atoms with E-state index in [2.05, 4.69) is 64.0 Å². The molecule has 2 N–H and O–H groups in total. The highest BCUT2D eigenvalue weighted by atomic mass is 15.1. The molecule has 0 saturated heterocycles. The van der Waals surface area contributed by atoms with Gasteiger partial charge in [0.25, 0.3) is 0 Å². The Labute approximate surface area is 125 Å². The van der Waals surface area contributed by atoms with Gasteiger partial charge in [0, 0.05) is 24.8 Å². The zero-order valence-corrected chi connectivity index (χ0v) is 12.1. The summed E-state index contributed by atoms with van der Waals surface area (Å²) in [5.41, 5.74) is 5.99. The lowest BCUT2D eigenvalue weighted by Gasteiger charge is -2.07. The number of H-pyrrole nitrogens is 1. The zero-order chi connectivity index (χ0) is 14.5. The lowest BCUT2D eigenvalue weighted by Crippen LogP contribution is -2.12. The average Bonchev–Trinajstić information content (AvgIpc) is 2.95. The molecule has 1 aromatic heterocycles. The van der Waals surface area contributed by atoms with Gasteiger partial charge in [-0.1, -0.05) is 48.5 Å². The number of hydrogen-bond donors (Lipinski definition) is 2. The van der Waals surface area contributed by atoms with Crippen molar-refractivity contribution in [2.45, 2.75) is 20.0 Å². The van der Waals surface area contributed by atoms with Gasteiger partial charge in [-0.15, -0.1) is 0 Å². The number of aryl methyl sites for hydroxylation is 1. The summed E-state index contributed by atoms with van der Waals surface area (Å²) in [6.07, 6.45) is 1.95. The number of hydrogen-bond acceptors (Lipinski definition) is 2. The van der Waals surface area contributed by atoms with Crippen molar-refractivity contribution in [3.8, 4) is 11.1 Å². The summed E-state index contributed by atoms with van der Waals surface area (Å²) in [5.74, 6) is 0. The van der Waals surface area contributed by atoms with E-state index in [1.807, 2.05) is 19.2 Å². The topological polar surface area (TPSA) is 40.7 Å². The molecule has 0 aliphatic carbocycles. The molecule has 3 rings (SSSR count). The Morgan fingerprint density at radius 3 is 2.48 bits per heavy atom. The minimum atomic E-state index is 0.861. The molecule has 0 saturated carbocycles. The average molecular weight is 277 g/mol. The third-order valence-electron chi connectivity index (χ3n) is 3.57. The monoisotopic (exact) mass is 277 g/mol. The van der Waals surface area contributed by atoms with Crippen molar-refractivity contribution >= 4 is 0 Å². The van der Waals surface area contributed by atoms with Gasteiger partial charge in [-0.2, -0.15) is 5.10 Å². The van der Waals surface area contributed by atoms with Crippen LogP contribution in [0.1, 0.15) is 16.8 Å². The first-order chi connectivity index (χ1) is 10.3. The number of aromatic nitrogens is 2. The fourth-order valence-corrected chi connectivity index (χ4v) is 2.45. The van der Waals surface area contributed by atoms with E-state index in [9.17, 15) is 0 Å². The highest BCUT2D eigenvalue weighted by Crippen LogP contribution is 2.22. The number of benzene rings is 2. The van der Waals surface area contributed by atoms with E-state index >= 15 is 0 Å². The molecule has 3 nitrogen and oxygen atoms in total. The Bertz CT molecular complexity index is 701. The van der Waals surface area contributed by atoms with E-state index in [-0.39, 0.29) is 0 Å². The van der Waals surface area contributed by atoms with Gasteiger partial charge in [-0.25, -0.2) is 0 Å². The van der Waals surface area contributed by atoms with Crippen LogP contribution >= 0.6 is 0 Å². The molecule has 0 unspecified atom stereocenters. The van der Waals surface area contributed by atoms with Crippen LogP contribution in [0.4, 0.5) is 0 Å². The first-order valence-electron chi connectivity index (χ1n) is 7.17. The molecule has 0 spiro atoms. The van der Waals surface area contributed by atoms with Crippen molar-refractivity contribution in [2.24, 2.45) is 0 Å². The largest absolute Gasteiger partial charge is 0.309 e. The van der Waals surface area contributed by atoms with Crippen LogP contribution in [0.15, 0.2) is 60.8 Å². The lowest BCUT2D eigenvalue weighted by atomic mass is 10.0. The molecule has 0 radical (unpaired) electrons. The minimum Gasteiger partial charge on any atom is -0.309 e. The van der Waals surface area contributed by atoms with Crippen molar-refractivity contribution in [3.05, 3.63) is 77.6 Å². The van der Waals surface area contributed by atoms with E-state index in [4.69, 9.17) is 0 Å². The Kier molecular flexibility index (Phi) is 4.12. The standard InChI is InChI=1S/C18H19N3/c1-14-18(13-20-21-14)17-9-5-8-16(10-17)12-19-11-15-6-3-2-4-7-15/h2-10,13,19H,11-12H2,1H3,(H,20,21). The molecule has 0 amide bonds. The summed E-state index contributed by atoms with van der Waals surface area (Å²) >= 11 is 0. The molecule has 21 heavy (non-hydrogen) atoms. The highest BCUT2D eigenvalue weighted by Gasteiger charge is 2.04. The molecular weight excluding hydrogens is 258 g/mol. The van der Waals surface area contributed by atoms with Gasteiger partial charge in [0.1, 0.15) is 0 Å². The van der Waals surface area contributed by atoms with Crippen molar-refractivity contribution < 1.29 is 0 Å². The second-order valence-corrected chi connectivity index (χ2v) is 5.17. The van der Waals surface area contributed by atoms with Crippen LogP contribution in [0.3, 0.4) is 0 Å². The van der Waals surface area contributed by atoms with Gasteiger partial charge >= 0.3 is 0 Å². The van der Waals surface area contributed by atoms with Crippen molar-refractivity contribution in [1.82, 2.24) is 15.5 Å². The Morgan fingerprint density at radius 1 is 0.952 bits per heavy atom. The summed E-state index contributed by atoms with van der Waals surface area (Å²) in [6.45, 7) is 3.77. The smallest absolute Gasteiger partial charge is 0.0669 e. The molecular formula is C18H19N3. The third-order valence-corrected chi connectivity index (χ3v) is 3.57. The van der Waals surface area contributed by atoms with Crippen molar-refractivity contribution in [2.75, 3.05) is 0 Å². The molecule has 0 aliphatic rings. The van der Waals surface area contributed by atoms with Crippen LogP contribution in [-0.4, -0.2) is 10.2 Å². The summed E-state index contributed by atoms with van der Waals surface area (Å²) < 4.78 is 0. The van der Waals surface area contributed by atoms with Crippen molar-refractivity contribution in [3.63, 3.8) is 0 Å². The second-order valence-electron chi connectivity index (χ2n) is 5.17. The Balaban J connectivity index is 1.65. The minimum absolute atomic E-state index is 0.861. The number of nitrogens with one attached hydrogen (secondary N) is 2. The van der Waals surface area contributed by atoms with E-state index in [1.165, 1.54) is 22.3 Å². The maximum absolute atomic E-state index is 4.18. The van der Waals surface area contributed by atoms with Gasteiger partial charge in [-0.05, 0) is 29.7 Å². The van der Waals surface area contributed by atoms with Crippen LogP contribution in [-0.2, 0) is 13.1 Å². The molecule has 2 aromatic carbocycles. The SMILES string of the molecule is Cc1n[nH]cc1-c1cccc(CNCc2ccccc2)c1. The summed E-state index contributed by atoms with van der Waals surface area (Å²) in [5, 5.41) is 10.6. The number of nitrogens with zero attached hydrogens (tertiary/aromatic N) is 1. The molecule has 0 bridgehead atoms. The van der Waals surface area contributed by atoms with Crippen LogP contribution in [0.2, 0.25) is 0 Å². The summed E-state index contributed by atoms with van der Waals surface area (Å²) in [7, 11) is 0. The molecule has 3 aromatic rings. The van der Waals surface area contributed by atoms with E-state index in [1.54, 1.807) is 0 Å². The quantitative estimate of drug-likeness (QED) is 0.747. The molecule has 0 atom stereocenters. The zero-order valence-electron chi connectivity index (χ0n) is 12.1. The Morgan fingerprint density at radius 2 is 1.71 bits per heavy atom. The summed E-state index contributed by atoms with van der Waals surface area (Å²) in [4.78, 5) is 0. The van der Waals surface area contributed by atoms with Crippen molar-refractivity contribution in [1.29, 1.82) is 0 Å². The predicted octanol–water partition coefficient (Wildman–Crippen LogP) is 3.67. The van der Waals surface area contributed by atoms with Crippen LogP contribution in [0.25, 0.3) is 11.1 Å². The van der Waals surface area contributed by atoms with Gasteiger partial charge < -0.3 is 5.32 Å². The molecule has 3 heteroatoms. The second kappa shape index (κ2) is 6.37. The van der Waals surface area contributed by atoms with Crippen LogP contribution < -0.4 is 5.32 Å².